The van der Waals surface area contributed by atoms with Gasteiger partial charge in [0.05, 0.1) is 14.2 Å². The number of nitrogens with one attached hydrogen (secondary N) is 1. The van der Waals surface area contributed by atoms with Gasteiger partial charge in [0.15, 0.2) is 11.5 Å². The molecule has 1 fully saturated rings. The molecule has 1 aliphatic heterocycles. The van der Waals surface area contributed by atoms with Crippen molar-refractivity contribution in [3.8, 4) is 11.5 Å². The van der Waals surface area contributed by atoms with Crippen LogP contribution in [0.1, 0.15) is 23.5 Å². The first-order valence-electron chi connectivity index (χ1n) is 5.70. The van der Waals surface area contributed by atoms with E-state index in [4.69, 9.17) is 9.47 Å². The lowest BCUT2D eigenvalue weighted by Crippen LogP contribution is -2.09. The molecule has 3 nitrogen and oxygen atoms in total. The lowest BCUT2D eigenvalue weighted by atomic mass is 9.93. The van der Waals surface area contributed by atoms with Crippen molar-refractivity contribution < 1.29 is 9.47 Å². The molecule has 1 heterocycles. The minimum absolute atomic E-state index is 0.611. The Kier molecular flexibility index (Phi) is 3.34. The van der Waals surface area contributed by atoms with E-state index in [0.717, 1.165) is 24.6 Å². The van der Waals surface area contributed by atoms with Crippen LogP contribution < -0.4 is 14.8 Å². The van der Waals surface area contributed by atoms with Crippen LogP contribution in [-0.2, 0) is 0 Å². The SMILES string of the molecule is COc1ccc(C2CCNC2)c(C)c1OC. The van der Waals surface area contributed by atoms with Crippen LogP contribution in [0.3, 0.4) is 0 Å². The average molecular weight is 221 g/mol. The maximum atomic E-state index is 5.42. The van der Waals surface area contributed by atoms with Gasteiger partial charge < -0.3 is 14.8 Å². The first-order chi connectivity index (χ1) is 7.77. The number of methoxy groups -OCH3 is 2. The molecule has 0 aromatic heterocycles. The normalized spacial score (nSPS) is 19.8. The van der Waals surface area contributed by atoms with Crippen molar-refractivity contribution in [3.63, 3.8) is 0 Å². The Hall–Kier alpha value is -1.22. The smallest absolute Gasteiger partial charge is 0.163 e. The Balaban J connectivity index is 2.39. The third-order valence-corrected chi connectivity index (χ3v) is 3.34. The molecule has 0 aliphatic carbocycles. The van der Waals surface area contributed by atoms with E-state index in [1.54, 1.807) is 14.2 Å². The second kappa shape index (κ2) is 4.74. The molecule has 0 spiro atoms. The molecule has 16 heavy (non-hydrogen) atoms. The van der Waals surface area contributed by atoms with Crippen molar-refractivity contribution in [2.24, 2.45) is 0 Å². The lowest BCUT2D eigenvalue weighted by molar-refractivity contribution is 0.352. The molecule has 1 unspecified atom stereocenters. The van der Waals surface area contributed by atoms with Crippen molar-refractivity contribution >= 4 is 0 Å². The van der Waals surface area contributed by atoms with Crippen molar-refractivity contribution in [1.29, 1.82) is 0 Å². The largest absolute Gasteiger partial charge is 0.493 e. The molecule has 1 aliphatic rings. The summed E-state index contributed by atoms with van der Waals surface area (Å²) >= 11 is 0. The Morgan fingerprint density at radius 3 is 2.62 bits per heavy atom. The van der Waals surface area contributed by atoms with Gasteiger partial charge in [-0.3, -0.25) is 0 Å². The first kappa shape index (κ1) is 11.3. The molecule has 1 aromatic carbocycles. The fraction of sp³-hybridized carbons (Fsp3) is 0.538. The van der Waals surface area contributed by atoms with Gasteiger partial charge in [-0.25, -0.2) is 0 Å². The molecule has 0 amide bonds. The molecule has 1 N–H and O–H groups in total. The molecule has 0 bridgehead atoms. The number of rotatable bonds is 3. The second-order valence-electron chi connectivity index (χ2n) is 4.21. The van der Waals surface area contributed by atoms with E-state index in [1.165, 1.54) is 17.5 Å². The Bertz CT molecular complexity index is 370. The van der Waals surface area contributed by atoms with Gasteiger partial charge in [0.25, 0.3) is 0 Å². The Labute approximate surface area is 96.8 Å². The van der Waals surface area contributed by atoms with Crippen molar-refractivity contribution in [2.45, 2.75) is 19.3 Å². The van der Waals surface area contributed by atoms with Gasteiger partial charge >= 0.3 is 0 Å². The van der Waals surface area contributed by atoms with Crippen molar-refractivity contribution in [2.75, 3.05) is 27.3 Å². The number of ether oxygens (including phenoxy) is 2. The molecule has 1 aromatic rings. The number of hydrogen-bond donors (Lipinski definition) is 1. The summed E-state index contributed by atoms with van der Waals surface area (Å²) in [6, 6.07) is 4.16. The molecule has 0 saturated carbocycles. The topological polar surface area (TPSA) is 30.5 Å². The van der Waals surface area contributed by atoms with Gasteiger partial charge in [-0.1, -0.05) is 6.07 Å². The Morgan fingerprint density at radius 1 is 1.25 bits per heavy atom. The summed E-state index contributed by atoms with van der Waals surface area (Å²) in [4.78, 5) is 0. The molecule has 1 atom stereocenters. The zero-order valence-corrected chi connectivity index (χ0v) is 10.2. The predicted octanol–water partition coefficient (Wildman–Crippen LogP) is 2.09. The van der Waals surface area contributed by atoms with Crippen molar-refractivity contribution in [1.82, 2.24) is 5.32 Å². The highest BCUT2D eigenvalue weighted by Gasteiger charge is 2.21. The van der Waals surface area contributed by atoms with Crippen LogP contribution in [0.4, 0.5) is 0 Å². The maximum absolute atomic E-state index is 5.42. The third kappa shape index (κ3) is 1.87. The van der Waals surface area contributed by atoms with Crippen LogP contribution >= 0.6 is 0 Å². The van der Waals surface area contributed by atoms with Crippen LogP contribution in [0.15, 0.2) is 12.1 Å². The summed E-state index contributed by atoms with van der Waals surface area (Å²) in [5.74, 6) is 2.29. The number of hydrogen-bond acceptors (Lipinski definition) is 3. The summed E-state index contributed by atoms with van der Waals surface area (Å²) in [6.07, 6.45) is 1.20. The van der Waals surface area contributed by atoms with Crippen LogP contribution in [0.25, 0.3) is 0 Å². The monoisotopic (exact) mass is 221 g/mol. The van der Waals surface area contributed by atoms with Gasteiger partial charge in [0.2, 0.25) is 0 Å². The standard InChI is InChI=1S/C13H19NO2/c1-9-11(10-6-7-14-8-10)4-5-12(15-2)13(9)16-3/h4-5,10,14H,6-8H2,1-3H3. The molecular weight excluding hydrogens is 202 g/mol. The minimum Gasteiger partial charge on any atom is -0.493 e. The molecule has 0 radical (unpaired) electrons. The summed E-state index contributed by atoms with van der Waals surface area (Å²) < 4.78 is 10.7. The van der Waals surface area contributed by atoms with E-state index >= 15 is 0 Å². The predicted molar refractivity (Wildman–Crippen MR) is 64.5 cm³/mol. The summed E-state index contributed by atoms with van der Waals surface area (Å²) in [5, 5.41) is 3.39. The molecular formula is C13H19NO2. The van der Waals surface area contributed by atoms with E-state index in [2.05, 4.69) is 18.3 Å². The van der Waals surface area contributed by atoms with Gasteiger partial charge in [-0.15, -0.1) is 0 Å². The number of benzene rings is 1. The maximum Gasteiger partial charge on any atom is 0.163 e. The van der Waals surface area contributed by atoms with E-state index in [-0.39, 0.29) is 0 Å². The quantitative estimate of drug-likeness (QED) is 0.847. The average Bonchev–Trinajstić information content (AvgIpc) is 2.81. The fourth-order valence-electron chi connectivity index (χ4n) is 2.46. The van der Waals surface area contributed by atoms with Gasteiger partial charge in [-0.05, 0) is 43.0 Å². The van der Waals surface area contributed by atoms with Crippen molar-refractivity contribution in [3.05, 3.63) is 23.3 Å². The highest BCUT2D eigenvalue weighted by Crippen LogP contribution is 2.37. The minimum atomic E-state index is 0.611. The highest BCUT2D eigenvalue weighted by atomic mass is 16.5. The third-order valence-electron chi connectivity index (χ3n) is 3.34. The zero-order valence-electron chi connectivity index (χ0n) is 10.2. The summed E-state index contributed by atoms with van der Waals surface area (Å²) in [6.45, 7) is 4.28. The van der Waals surface area contributed by atoms with Gasteiger partial charge in [0, 0.05) is 6.54 Å². The molecule has 2 rings (SSSR count). The highest BCUT2D eigenvalue weighted by molar-refractivity contribution is 5.51. The molecule has 1 saturated heterocycles. The fourth-order valence-corrected chi connectivity index (χ4v) is 2.46. The van der Waals surface area contributed by atoms with E-state index < -0.39 is 0 Å². The molecule has 3 heteroatoms. The van der Waals surface area contributed by atoms with Crippen LogP contribution in [0.2, 0.25) is 0 Å². The van der Waals surface area contributed by atoms with Crippen LogP contribution in [0.5, 0.6) is 11.5 Å². The van der Waals surface area contributed by atoms with Gasteiger partial charge in [0.1, 0.15) is 0 Å². The van der Waals surface area contributed by atoms with E-state index in [9.17, 15) is 0 Å². The van der Waals surface area contributed by atoms with Crippen LogP contribution in [-0.4, -0.2) is 27.3 Å². The summed E-state index contributed by atoms with van der Waals surface area (Å²) in [5.41, 5.74) is 2.58. The summed E-state index contributed by atoms with van der Waals surface area (Å²) in [7, 11) is 3.37. The molecule has 88 valence electrons. The van der Waals surface area contributed by atoms with E-state index in [1.807, 2.05) is 6.07 Å². The second-order valence-corrected chi connectivity index (χ2v) is 4.21. The lowest BCUT2D eigenvalue weighted by Gasteiger charge is -2.17. The van der Waals surface area contributed by atoms with Gasteiger partial charge in [-0.2, -0.15) is 0 Å². The first-order valence-corrected chi connectivity index (χ1v) is 5.70. The Morgan fingerprint density at radius 2 is 2.06 bits per heavy atom. The van der Waals surface area contributed by atoms with Crippen LogP contribution in [0, 0.1) is 6.92 Å². The van der Waals surface area contributed by atoms with E-state index in [0.29, 0.717) is 5.92 Å². The zero-order chi connectivity index (χ0) is 11.5.